The molecule has 0 atom stereocenters. The lowest BCUT2D eigenvalue weighted by Crippen LogP contribution is -2.45. The molecule has 1 heterocycles. The first kappa shape index (κ1) is 23.4. The number of aliphatic imine (C=N–C) groups is 1. The Morgan fingerprint density at radius 1 is 1.12 bits per heavy atom. The zero-order chi connectivity index (χ0) is 22.8. The first-order valence-corrected chi connectivity index (χ1v) is 11.2. The van der Waals surface area contributed by atoms with E-state index in [0.717, 1.165) is 38.0 Å². The fourth-order valence-electron chi connectivity index (χ4n) is 3.94. The van der Waals surface area contributed by atoms with Crippen LogP contribution in [0.3, 0.4) is 0 Å². The summed E-state index contributed by atoms with van der Waals surface area (Å²) in [6, 6.07) is 16.2. The van der Waals surface area contributed by atoms with Crippen molar-refractivity contribution in [3.8, 4) is 11.5 Å². The van der Waals surface area contributed by atoms with Gasteiger partial charge in [0.2, 0.25) is 5.91 Å². The Morgan fingerprint density at radius 3 is 2.53 bits per heavy atom. The fraction of sp³-hybridized carbons (Fsp3) is 0.440. The van der Waals surface area contributed by atoms with Gasteiger partial charge in [-0.05, 0) is 49.8 Å². The van der Waals surface area contributed by atoms with Crippen LogP contribution in [0.25, 0.3) is 0 Å². The number of nitrogens with one attached hydrogen (secondary N) is 2. The van der Waals surface area contributed by atoms with Gasteiger partial charge >= 0.3 is 0 Å². The van der Waals surface area contributed by atoms with Gasteiger partial charge in [0.1, 0.15) is 0 Å². The maximum absolute atomic E-state index is 12.7. The molecule has 0 aromatic heterocycles. The standard InChI is InChI=1S/C25H34N4O3/c1-4-32-22-11-10-21(17-23(22)31-3)28-25(26-2)27-18-24(30)29-14-12-20(13-15-29)16-19-8-6-5-7-9-19/h5-11,17,20H,4,12-16,18H2,1-3H3,(H2,26,27,28). The summed E-state index contributed by atoms with van der Waals surface area (Å²) in [5.41, 5.74) is 2.17. The maximum Gasteiger partial charge on any atom is 0.241 e. The van der Waals surface area contributed by atoms with Gasteiger partial charge in [-0.25, -0.2) is 0 Å². The summed E-state index contributed by atoms with van der Waals surface area (Å²) >= 11 is 0. The molecule has 2 N–H and O–H groups in total. The van der Waals surface area contributed by atoms with Crippen LogP contribution in [0.15, 0.2) is 53.5 Å². The van der Waals surface area contributed by atoms with Crippen LogP contribution in [-0.4, -0.2) is 57.2 Å². The number of anilines is 1. The molecule has 7 nitrogen and oxygen atoms in total. The maximum atomic E-state index is 12.7. The van der Waals surface area contributed by atoms with Crippen LogP contribution >= 0.6 is 0 Å². The van der Waals surface area contributed by atoms with Crippen LogP contribution in [0, 0.1) is 5.92 Å². The number of piperidine rings is 1. The van der Waals surface area contributed by atoms with Crippen molar-refractivity contribution in [1.82, 2.24) is 10.2 Å². The largest absolute Gasteiger partial charge is 0.493 e. The molecule has 32 heavy (non-hydrogen) atoms. The van der Waals surface area contributed by atoms with E-state index in [4.69, 9.17) is 9.47 Å². The summed E-state index contributed by atoms with van der Waals surface area (Å²) in [6.07, 6.45) is 3.17. The molecule has 7 heteroatoms. The summed E-state index contributed by atoms with van der Waals surface area (Å²) in [5, 5.41) is 6.32. The van der Waals surface area contributed by atoms with Crippen molar-refractivity contribution in [2.45, 2.75) is 26.2 Å². The van der Waals surface area contributed by atoms with Crippen LogP contribution < -0.4 is 20.1 Å². The topological polar surface area (TPSA) is 75.2 Å². The Labute approximate surface area is 190 Å². The Bertz CT molecular complexity index is 893. The third-order valence-electron chi connectivity index (χ3n) is 5.69. The van der Waals surface area contributed by atoms with Gasteiger partial charge in [0.15, 0.2) is 17.5 Å². The van der Waals surface area contributed by atoms with Gasteiger partial charge in [-0.2, -0.15) is 0 Å². The lowest BCUT2D eigenvalue weighted by atomic mass is 9.90. The van der Waals surface area contributed by atoms with Crippen LogP contribution in [0.1, 0.15) is 25.3 Å². The van der Waals surface area contributed by atoms with E-state index < -0.39 is 0 Å². The van der Waals surface area contributed by atoms with Crippen molar-refractivity contribution in [3.05, 3.63) is 54.1 Å². The quantitative estimate of drug-likeness (QED) is 0.487. The van der Waals surface area contributed by atoms with Crippen LogP contribution in [0.4, 0.5) is 5.69 Å². The number of ether oxygens (including phenoxy) is 2. The number of hydrogen-bond donors (Lipinski definition) is 2. The molecule has 1 fully saturated rings. The van der Waals surface area contributed by atoms with Crippen molar-refractivity contribution in [1.29, 1.82) is 0 Å². The second kappa shape index (κ2) is 12.0. The molecule has 0 unspecified atom stereocenters. The molecule has 0 spiro atoms. The molecule has 0 bridgehead atoms. The molecule has 0 saturated carbocycles. The number of amides is 1. The van der Waals surface area contributed by atoms with E-state index in [1.54, 1.807) is 14.2 Å². The number of nitrogens with zero attached hydrogens (tertiary/aromatic N) is 2. The third-order valence-corrected chi connectivity index (χ3v) is 5.69. The highest BCUT2D eigenvalue weighted by molar-refractivity contribution is 5.96. The number of carbonyl (C=O) groups is 1. The number of carbonyl (C=O) groups excluding carboxylic acids is 1. The summed E-state index contributed by atoms with van der Waals surface area (Å²) in [7, 11) is 3.29. The van der Waals surface area contributed by atoms with Crippen molar-refractivity contribution in [3.63, 3.8) is 0 Å². The minimum absolute atomic E-state index is 0.0929. The van der Waals surface area contributed by atoms with Crippen LogP contribution in [-0.2, 0) is 11.2 Å². The smallest absolute Gasteiger partial charge is 0.241 e. The molecule has 1 saturated heterocycles. The number of methoxy groups -OCH3 is 1. The van der Waals surface area contributed by atoms with Crippen molar-refractivity contribution in [2.75, 3.05) is 45.7 Å². The lowest BCUT2D eigenvalue weighted by molar-refractivity contribution is -0.131. The molecular weight excluding hydrogens is 404 g/mol. The van der Waals surface area contributed by atoms with E-state index in [-0.39, 0.29) is 12.5 Å². The number of likely N-dealkylation sites (tertiary alicyclic amines) is 1. The van der Waals surface area contributed by atoms with E-state index >= 15 is 0 Å². The predicted molar refractivity (Wildman–Crippen MR) is 129 cm³/mol. The minimum Gasteiger partial charge on any atom is -0.493 e. The molecule has 0 aliphatic carbocycles. The summed E-state index contributed by atoms with van der Waals surface area (Å²) < 4.78 is 10.9. The average molecular weight is 439 g/mol. The van der Waals surface area contributed by atoms with Crippen molar-refractivity contribution >= 4 is 17.6 Å². The SMILES string of the molecule is CCOc1ccc(NC(=NC)NCC(=O)N2CCC(Cc3ccccc3)CC2)cc1OC. The lowest BCUT2D eigenvalue weighted by Gasteiger charge is -2.32. The van der Waals surface area contributed by atoms with Crippen molar-refractivity contribution < 1.29 is 14.3 Å². The first-order chi connectivity index (χ1) is 15.6. The number of benzene rings is 2. The Morgan fingerprint density at radius 2 is 1.88 bits per heavy atom. The average Bonchev–Trinajstić information content (AvgIpc) is 2.83. The highest BCUT2D eigenvalue weighted by atomic mass is 16.5. The number of guanidine groups is 1. The summed E-state index contributed by atoms with van der Waals surface area (Å²) in [4.78, 5) is 18.9. The first-order valence-electron chi connectivity index (χ1n) is 11.2. The van der Waals surface area contributed by atoms with Gasteiger partial charge in [-0.15, -0.1) is 0 Å². The number of rotatable bonds is 8. The monoisotopic (exact) mass is 438 g/mol. The molecular formula is C25H34N4O3. The highest BCUT2D eigenvalue weighted by Gasteiger charge is 2.23. The van der Waals surface area contributed by atoms with Crippen LogP contribution in [0.2, 0.25) is 0 Å². The molecule has 1 aliphatic heterocycles. The summed E-state index contributed by atoms with van der Waals surface area (Å²) in [6.45, 7) is 4.32. The number of hydrogen-bond acceptors (Lipinski definition) is 4. The summed E-state index contributed by atoms with van der Waals surface area (Å²) in [5.74, 6) is 2.59. The molecule has 172 valence electrons. The van der Waals surface area contributed by atoms with Gasteiger partial charge in [0.05, 0.1) is 20.3 Å². The molecule has 1 amide bonds. The second-order valence-corrected chi connectivity index (χ2v) is 7.86. The zero-order valence-electron chi connectivity index (χ0n) is 19.3. The third kappa shape index (κ3) is 6.64. The van der Waals surface area contributed by atoms with Gasteiger partial charge in [-0.3, -0.25) is 9.79 Å². The minimum atomic E-state index is 0.0929. The van der Waals surface area contributed by atoms with Crippen molar-refractivity contribution in [2.24, 2.45) is 10.9 Å². The molecule has 2 aromatic carbocycles. The molecule has 3 rings (SSSR count). The Balaban J connectivity index is 1.45. The van der Waals surface area contributed by atoms with Gasteiger partial charge in [-0.1, -0.05) is 30.3 Å². The fourth-order valence-corrected chi connectivity index (χ4v) is 3.94. The second-order valence-electron chi connectivity index (χ2n) is 7.86. The normalized spacial score (nSPS) is 14.7. The molecule has 0 radical (unpaired) electrons. The molecule has 1 aliphatic rings. The van der Waals surface area contributed by atoms with E-state index in [9.17, 15) is 4.79 Å². The van der Waals surface area contributed by atoms with E-state index in [2.05, 4.69) is 39.9 Å². The van der Waals surface area contributed by atoms with Gasteiger partial charge < -0.3 is 25.0 Å². The highest BCUT2D eigenvalue weighted by Crippen LogP contribution is 2.30. The molecule has 2 aromatic rings. The zero-order valence-corrected chi connectivity index (χ0v) is 19.3. The predicted octanol–water partition coefficient (Wildman–Crippen LogP) is 3.56. The van der Waals surface area contributed by atoms with Gasteiger partial charge in [0, 0.05) is 31.9 Å². The van der Waals surface area contributed by atoms with Gasteiger partial charge in [0.25, 0.3) is 0 Å². The van der Waals surface area contributed by atoms with Crippen LogP contribution in [0.5, 0.6) is 11.5 Å². The Hall–Kier alpha value is -3.22. The Kier molecular flexibility index (Phi) is 8.78. The van der Waals surface area contributed by atoms with E-state index in [1.807, 2.05) is 36.1 Å². The van der Waals surface area contributed by atoms with E-state index in [0.29, 0.717) is 30.0 Å². The van der Waals surface area contributed by atoms with E-state index in [1.165, 1.54) is 5.56 Å².